The van der Waals surface area contributed by atoms with Crippen LogP contribution in [0.2, 0.25) is 5.02 Å². The zero-order valence-electron chi connectivity index (χ0n) is 17.2. The molecule has 0 spiro atoms. The minimum atomic E-state index is 0.396. The number of halogens is 1. The lowest BCUT2D eigenvalue weighted by molar-refractivity contribution is 0.525. The van der Waals surface area contributed by atoms with E-state index in [1.807, 2.05) is 19.1 Å². The van der Waals surface area contributed by atoms with Crippen molar-refractivity contribution in [3.63, 3.8) is 0 Å². The molecule has 0 aliphatic heterocycles. The number of fused-ring (bicyclic) bond motifs is 1. The molecule has 0 aliphatic rings. The van der Waals surface area contributed by atoms with E-state index in [9.17, 15) is 0 Å². The van der Waals surface area contributed by atoms with Gasteiger partial charge in [0.05, 0.1) is 0 Å². The van der Waals surface area contributed by atoms with Gasteiger partial charge in [-0.3, -0.25) is 0 Å². The largest absolute Gasteiger partial charge is 0.382 e. The molecule has 3 aromatic rings. The normalized spacial score (nSPS) is 12.3. The molecule has 0 radical (unpaired) electrons. The number of nitrogens with zero attached hydrogens (tertiary/aromatic N) is 4. The van der Waals surface area contributed by atoms with Gasteiger partial charge in [0.1, 0.15) is 6.33 Å². The maximum Gasteiger partial charge on any atom is 0.175 e. The summed E-state index contributed by atoms with van der Waals surface area (Å²) in [7, 11) is 0. The number of nitrogen functional groups attached to an aromatic ring is 1. The van der Waals surface area contributed by atoms with Crippen LogP contribution in [0.15, 0.2) is 40.7 Å². The highest BCUT2D eigenvalue weighted by atomic mass is 35.5. The van der Waals surface area contributed by atoms with E-state index in [1.54, 1.807) is 11.8 Å². The van der Waals surface area contributed by atoms with Crippen molar-refractivity contribution in [2.75, 3.05) is 12.3 Å². The molecule has 154 valence electrons. The Bertz CT molecular complexity index is 1030. The number of rotatable bonds is 8. The summed E-state index contributed by atoms with van der Waals surface area (Å²) in [4.78, 5) is 14.3. The second-order valence-electron chi connectivity index (χ2n) is 7.19. The van der Waals surface area contributed by atoms with E-state index in [2.05, 4.69) is 52.8 Å². The number of imidazole rings is 1. The fraction of sp³-hybridized carbons (Fsp3) is 0.381. The molecule has 0 saturated heterocycles. The monoisotopic (exact) mass is 430 g/mol. The number of allylic oxidation sites excluding steroid dienone is 2. The van der Waals surface area contributed by atoms with Gasteiger partial charge < -0.3 is 15.6 Å². The van der Waals surface area contributed by atoms with Crippen molar-refractivity contribution in [1.29, 1.82) is 0 Å². The minimum absolute atomic E-state index is 0.396. The van der Waals surface area contributed by atoms with Crippen LogP contribution in [0.3, 0.4) is 0 Å². The number of aryl methyl sites for hydroxylation is 1. The second kappa shape index (κ2) is 9.61. The SMILES string of the molecule is CC=C(C)c1cc(Cl)cc(Sc2nc3c(N)ncnc3n2CCCNC(C)C)c1. The fourth-order valence-electron chi connectivity index (χ4n) is 2.96. The third kappa shape index (κ3) is 5.29. The van der Waals surface area contributed by atoms with Gasteiger partial charge in [-0.2, -0.15) is 0 Å². The molecule has 0 atom stereocenters. The minimum Gasteiger partial charge on any atom is -0.382 e. The van der Waals surface area contributed by atoms with Gasteiger partial charge in [0.25, 0.3) is 0 Å². The van der Waals surface area contributed by atoms with Gasteiger partial charge in [-0.05, 0) is 56.1 Å². The van der Waals surface area contributed by atoms with Gasteiger partial charge in [-0.25, -0.2) is 15.0 Å². The fourth-order valence-corrected chi connectivity index (χ4v) is 4.27. The molecular weight excluding hydrogens is 404 g/mol. The number of anilines is 1. The van der Waals surface area contributed by atoms with E-state index >= 15 is 0 Å². The third-order valence-corrected chi connectivity index (χ3v) is 5.79. The molecule has 8 heteroatoms. The van der Waals surface area contributed by atoms with Crippen molar-refractivity contribution in [1.82, 2.24) is 24.8 Å². The summed E-state index contributed by atoms with van der Waals surface area (Å²) < 4.78 is 2.11. The molecule has 0 aliphatic carbocycles. The van der Waals surface area contributed by atoms with Crippen LogP contribution in [0.5, 0.6) is 0 Å². The quantitative estimate of drug-likeness (QED) is 0.488. The van der Waals surface area contributed by atoms with Gasteiger partial charge in [0.15, 0.2) is 22.1 Å². The molecule has 3 rings (SSSR count). The summed E-state index contributed by atoms with van der Waals surface area (Å²) in [5.41, 5.74) is 9.73. The van der Waals surface area contributed by atoms with Crippen molar-refractivity contribution < 1.29 is 0 Å². The first-order valence-electron chi connectivity index (χ1n) is 9.71. The Morgan fingerprint density at radius 3 is 2.83 bits per heavy atom. The summed E-state index contributed by atoms with van der Waals surface area (Å²) in [6.45, 7) is 10.1. The molecule has 2 heterocycles. The summed E-state index contributed by atoms with van der Waals surface area (Å²) in [5, 5.41) is 4.99. The predicted octanol–water partition coefficient (Wildman–Crippen LogP) is 5.02. The van der Waals surface area contributed by atoms with Crippen LogP contribution >= 0.6 is 23.4 Å². The Morgan fingerprint density at radius 1 is 1.31 bits per heavy atom. The van der Waals surface area contributed by atoms with Crippen molar-refractivity contribution in [3.05, 3.63) is 41.2 Å². The third-order valence-electron chi connectivity index (χ3n) is 4.61. The standard InChI is InChI=1S/C21H27ClN6S/c1-5-14(4)15-9-16(22)11-17(10-15)29-21-27-18-19(23)25-12-26-20(18)28(21)8-6-7-24-13(2)3/h5,9-13,24H,6-8H2,1-4H3,(H2,23,25,26). The van der Waals surface area contributed by atoms with Crippen molar-refractivity contribution in [2.45, 2.75) is 56.8 Å². The zero-order chi connectivity index (χ0) is 21.0. The highest BCUT2D eigenvalue weighted by Crippen LogP contribution is 2.34. The first kappa shape index (κ1) is 21.6. The predicted molar refractivity (Wildman–Crippen MR) is 122 cm³/mol. The average molecular weight is 431 g/mol. The molecule has 0 bridgehead atoms. The molecule has 0 saturated carbocycles. The number of aromatic nitrogens is 4. The number of hydrogen-bond donors (Lipinski definition) is 2. The van der Waals surface area contributed by atoms with Gasteiger partial charge >= 0.3 is 0 Å². The lowest BCUT2D eigenvalue weighted by Gasteiger charge is -2.11. The summed E-state index contributed by atoms with van der Waals surface area (Å²) in [6, 6.07) is 6.52. The van der Waals surface area contributed by atoms with E-state index < -0.39 is 0 Å². The molecule has 29 heavy (non-hydrogen) atoms. The summed E-state index contributed by atoms with van der Waals surface area (Å²) in [5.74, 6) is 0.396. The Labute approximate surface area is 181 Å². The lowest BCUT2D eigenvalue weighted by Crippen LogP contribution is -2.24. The Kier molecular flexibility index (Phi) is 7.16. The van der Waals surface area contributed by atoms with E-state index in [0.29, 0.717) is 22.4 Å². The second-order valence-corrected chi connectivity index (χ2v) is 8.67. The van der Waals surface area contributed by atoms with Gasteiger partial charge in [0.2, 0.25) is 0 Å². The zero-order valence-corrected chi connectivity index (χ0v) is 18.8. The van der Waals surface area contributed by atoms with Crippen molar-refractivity contribution in [2.24, 2.45) is 0 Å². The average Bonchev–Trinajstić information content (AvgIpc) is 3.02. The van der Waals surface area contributed by atoms with E-state index in [4.69, 9.17) is 22.3 Å². The topological polar surface area (TPSA) is 81.7 Å². The number of hydrogen-bond acceptors (Lipinski definition) is 6. The van der Waals surface area contributed by atoms with Crippen LogP contribution in [-0.4, -0.2) is 32.1 Å². The first-order chi connectivity index (χ1) is 13.9. The van der Waals surface area contributed by atoms with Gasteiger partial charge in [-0.1, -0.05) is 43.3 Å². The van der Waals surface area contributed by atoms with E-state index in [1.165, 1.54) is 11.9 Å². The molecular formula is C21H27ClN6S. The molecule has 0 amide bonds. The van der Waals surface area contributed by atoms with Crippen LogP contribution in [-0.2, 0) is 6.54 Å². The van der Waals surface area contributed by atoms with Crippen molar-refractivity contribution >= 4 is 45.9 Å². The van der Waals surface area contributed by atoms with Crippen LogP contribution in [0.25, 0.3) is 16.7 Å². The summed E-state index contributed by atoms with van der Waals surface area (Å²) in [6.07, 6.45) is 4.52. The maximum absolute atomic E-state index is 6.37. The molecule has 1 aromatic carbocycles. The molecule has 6 nitrogen and oxygen atoms in total. The highest BCUT2D eigenvalue weighted by Gasteiger charge is 2.16. The Hall–Kier alpha value is -2.09. The van der Waals surface area contributed by atoms with E-state index in [-0.39, 0.29) is 0 Å². The van der Waals surface area contributed by atoms with Crippen LogP contribution in [0.4, 0.5) is 5.82 Å². The van der Waals surface area contributed by atoms with Gasteiger partial charge in [-0.15, -0.1) is 0 Å². The van der Waals surface area contributed by atoms with E-state index in [0.717, 1.165) is 40.8 Å². The smallest absolute Gasteiger partial charge is 0.175 e. The molecule has 3 N–H and O–H groups in total. The van der Waals surface area contributed by atoms with Crippen LogP contribution < -0.4 is 11.1 Å². The Balaban J connectivity index is 1.95. The molecule has 0 unspecified atom stereocenters. The maximum atomic E-state index is 6.37. The lowest BCUT2D eigenvalue weighted by atomic mass is 10.1. The number of nitrogens with one attached hydrogen (secondary N) is 1. The molecule has 2 aromatic heterocycles. The first-order valence-corrected chi connectivity index (χ1v) is 10.9. The molecule has 0 fully saturated rings. The highest BCUT2D eigenvalue weighted by molar-refractivity contribution is 7.99. The van der Waals surface area contributed by atoms with Crippen molar-refractivity contribution in [3.8, 4) is 0 Å². The van der Waals surface area contributed by atoms with Crippen LogP contribution in [0, 0.1) is 0 Å². The van der Waals surface area contributed by atoms with Gasteiger partial charge in [0, 0.05) is 22.5 Å². The van der Waals surface area contributed by atoms with Crippen LogP contribution in [0.1, 0.15) is 39.7 Å². The number of nitrogens with two attached hydrogens (primary N) is 1. The number of benzene rings is 1. The summed E-state index contributed by atoms with van der Waals surface area (Å²) >= 11 is 7.94. The Morgan fingerprint density at radius 2 is 2.10 bits per heavy atom.